The van der Waals surface area contributed by atoms with E-state index in [0.717, 1.165) is 50.1 Å². The van der Waals surface area contributed by atoms with Crippen molar-refractivity contribution in [2.45, 2.75) is 0 Å². The molecule has 11 rings (SSSR count). The summed E-state index contributed by atoms with van der Waals surface area (Å²) in [5.41, 5.74) is 9.80. The van der Waals surface area contributed by atoms with E-state index >= 15 is 0 Å². The van der Waals surface area contributed by atoms with Crippen LogP contribution in [0.4, 0.5) is 17.1 Å². The quantitative estimate of drug-likeness (QED) is 0.178. The lowest BCUT2D eigenvalue weighted by atomic mass is 9.98. The van der Waals surface area contributed by atoms with Crippen molar-refractivity contribution in [1.29, 1.82) is 0 Å². The number of furan rings is 1. The zero-order valence-corrected chi connectivity index (χ0v) is 29.5. The summed E-state index contributed by atoms with van der Waals surface area (Å²) in [7, 11) is 0. The monoisotopic (exact) mass is 693 g/mol. The van der Waals surface area contributed by atoms with Gasteiger partial charge in [0, 0.05) is 53.6 Å². The molecule has 0 radical (unpaired) electrons. The third-order valence-corrected chi connectivity index (χ3v) is 11.8. The van der Waals surface area contributed by atoms with E-state index in [1.54, 1.807) is 0 Å². The van der Waals surface area contributed by atoms with Gasteiger partial charge >= 0.3 is 0 Å². The molecular weight excluding hydrogens is 663 g/mol. The molecule has 0 spiro atoms. The highest BCUT2D eigenvalue weighted by atomic mass is 32.1. The van der Waals surface area contributed by atoms with Crippen LogP contribution in [0.25, 0.3) is 85.9 Å². The number of para-hydroxylation sites is 1. The molecule has 0 saturated carbocycles. The summed E-state index contributed by atoms with van der Waals surface area (Å²) in [5.74, 6) is 0. The van der Waals surface area contributed by atoms with E-state index in [1.165, 1.54) is 52.8 Å². The Kier molecular flexibility index (Phi) is 6.76. The van der Waals surface area contributed by atoms with E-state index < -0.39 is 0 Å². The number of nitrogens with zero attached hydrogens (tertiary/aromatic N) is 1. The Morgan fingerprint density at radius 3 is 1.72 bits per heavy atom. The van der Waals surface area contributed by atoms with Gasteiger partial charge in [-0.2, -0.15) is 0 Å². The maximum atomic E-state index is 6.60. The van der Waals surface area contributed by atoms with Gasteiger partial charge in [-0.15, -0.1) is 11.3 Å². The van der Waals surface area contributed by atoms with Gasteiger partial charge in [0.2, 0.25) is 0 Å². The molecule has 0 fully saturated rings. The van der Waals surface area contributed by atoms with Gasteiger partial charge in [-0.25, -0.2) is 0 Å². The highest BCUT2D eigenvalue weighted by Crippen LogP contribution is 2.43. The molecule has 0 amide bonds. The normalized spacial score (nSPS) is 11.8. The van der Waals surface area contributed by atoms with Gasteiger partial charge < -0.3 is 9.32 Å². The van der Waals surface area contributed by atoms with Crippen molar-refractivity contribution in [1.82, 2.24) is 0 Å². The van der Waals surface area contributed by atoms with Gasteiger partial charge in [-0.1, -0.05) is 127 Å². The van der Waals surface area contributed by atoms with Gasteiger partial charge in [-0.05, 0) is 98.9 Å². The Hall–Kier alpha value is -6.68. The van der Waals surface area contributed by atoms with Gasteiger partial charge in [0.25, 0.3) is 0 Å². The Balaban J connectivity index is 1.03. The lowest BCUT2D eigenvalue weighted by Crippen LogP contribution is -2.09. The van der Waals surface area contributed by atoms with Gasteiger partial charge in [0.1, 0.15) is 11.2 Å². The average Bonchev–Trinajstić information content (AvgIpc) is 3.78. The highest BCUT2D eigenvalue weighted by molar-refractivity contribution is 7.25. The first-order valence-electron chi connectivity index (χ1n) is 18.0. The van der Waals surface area contributed by atoms with Crippen molar-refractivity contribution in [3.8, 4) is 22.3 Å². The Morgan fingerprint density at radius 2 is 0.925 bits per heavy atom. The standard InChI is InChI=1S/C50H31NOS/c1-2-11-36-30-47-45(29-35(36)10-1)44-17-8-16-42(50(44)52-47)34-21-25-38(26-22-34)51(39-27-28-49-46(31-39)43-14-5-6-18-48(43)53-49)37-23-19-33(20-24-37)41-15-7-12-32-9-3-4-13-40(32)41/h1-31H. The lowest BCUT2D eigenvalue weighted by Gasteiger charge is -2.26. The van der Waals surface area contributed by atoms with Crippen molar-refractivity contribution in [2.75, 3.05) is 4.90 Å². The van der Waals surface area contributed by atoms with Crippen LogP contribution in [0.15, 0.2) is 192 Å². The summed E-state index contributed by atoms with van der Waals surface area (Å²) < 4.78 is 9.20. The maximum Gasteiger partial charge on any atom is 0.143 e. The van der Waals surface area contributed by atoms with Crippen LogP contribution in [0.2, 0.25) is 0 Å². The second-order valence-electron chi connectivity index (χ2n) is 13.7. The molecule has 0 aliphatic heterocycles. The molecule has 2 nitrogen and oxygen atoms in total. The summed E-state index contributed by atoms with van der Waals surface area (Å²) in [6.07, 6.45) is 0. The van der Waals surface area contributed by atoms with E-state index in [2.05, 4.69) is 193 Å². The van der Waals surface area contributed by atoms with E-state index in [-0.39, 0.29) is 0 Å². The maximum absolute atomic E-state index is 6.60. The Labute approximate surface area is 310 Å². The molecule has 0 bridgehead atoms. The Bertz CT molecular complexity index is 3160. The fourth-order valence-corrected chi connectivity index (χ4v) is 9.15. The summed E-state index contributed by atoms with van der Waals surface area (Å²) >= 11 is 1.85. The lowest BCUT2D eigenvalue weighted by molar-refractivity contribution is 0.670. The molecule has 0 aliphatic carbocycles. The predicted octanol–water partition coefficient (Wildman–Crippen LogP) is 15.1. The van der Waals surface area contributed by atoms with Crippen LogP contribution >= 0.6 is 11.3 Å². The molecule has 2 aromatic heterocycles. The van der Waals surface area contributed by atoms with E-state index in [9.17, 15) is 0 Å². The van der Waals surface area contributed by atoms with Crippen LogP contribution < -0.4 is 4.90 Å². The number of hydrogen-bond acceptors (Lipinski definition) is 3. The average molecular weight is 694 g/mol. The first kappa shape index (κ1) is 30.0. The first-order chi connectivity index (χ1) is 26.2. The number of benzene rings is 9. The molecular formula is C50H31NOS. The molecule has 0 saturated heterocycles. The molecule has 9 aromatic carbocycles. The fourth-order valence-electron chi connectivity index (χ4n) is 8.07. The molecule has 2 heterocycles. The Morgan fingerprint density at radius 1 is 0.358 bits per heavy atom. The van der Waals surface area contributed by atoms with Gasteiger partial charge in [-0.3, -0.25) is 0 Å². The molecule has 53 heavy (non-hydrogen) atoms. The third-order valence-electron chi connectivity index (χ3n) is 10.6. The smallest absolute Gasteiger partial charge is 0.143 e. The predicted molar refractivity (Wildman–Crippen MR) is 227 cm³/mol. The van der Waals surface area contributed by atoms with E-state index in [1.807, 2.05) is 11.3 Å². The minimum Gasteiger partial charge on any atom is -0.455 e. The van der Waals surface area contributed by atoms with E-state index in [0.29, 0.717) is 0 Å². The largest absolute Gasteiger partial charge is 0.455 e. The molecule has 0 unspecified atom stereocenters. The fraction of sp³-hybridized carbons (Fsp3) is 0. The summed E-state index contributed by atoms with van der Waals surface area (Å²) in [6, 6.07) is 68.0. The number of anilines is 3. The topological polar surface area (TPSA) is 16.4 Å². The molecule has 3 heteroatoms. The summed E-state index contributed by atoms with van der Waals surface area (Å²) in [6.45, 7) is 0. The zero-order chi connectivity index (χ0) is 34.9. The van der Waals surface area contributed by atoms with Crippen molar-refractivity contribution in [2.24, 2.45) is 0 Å². The van der Waals surface area contributed by atoms with Crippen molar-refractivity contribution >= 4 is 92.1 Å². The van der Waals surface area contributed by atoms with Crippen LogP contribution in [-0.4, -0.2) is 0 Å². The summed E-state index contributed by atoms with van der Waals surface area (Å²) in [5, 5.41) is 9.77. The van der Waals surface area contributed by atoms with Gasteiger partial charge in [0.15, 0.2) is 0 Å². The van der Waals surface area contributed by atoms with Crippen LogP contribution in [-0.2, 0) is 0 Å². The molecule has 248 valence electrons. The zero-order valence-electron chi connectivity index (χ0n) is 28.7. The second-order valence-corrected chi connectivity index (χ2v) is 14.8. The molecule has 0 atom stereocenters. The molecule has 0 aliphatic rings. The summed E-state index contributed by atoms with van der Waals surface area (Å²) in [4.78, 5) is 2.37. The minimum absolute atomic E-state index is 0.914. The van der Waals surface area contributed by atoms with Crippen LogP contribution in [0.5, 0.6) is 0 Å². The highest BCUT2D eigenvalue weighted by Gasteiger charge is 2.18. The number of hydrogen-bond donors (Lipinski definition) is 0. The third kappa shape index (κ3) is 4.93. The SMILES string of the molecule is c1ccc2cc3c(cc2c1)oc1c(-c2ccc(N(c4ccc(-c5cccc6ccccc56)cc4)c4ccc5sc6ccccc6c5c4)cc2)cccc13. The van der Waals surface area contributed by atoms with Crippen molar-refractivity contribution < 1.29 is 4.42 Å². The van der Waals surface area contributed by atoms with Crippen LogP contribution in [0.3, 0.4) is 0 Å². The second kappa shape index (κ2) is 11.9. The number of fused-ring (bicyclic) bond motifs is 8. The van der Waals surface area contributed by atoms with Crippen LogP contribution in [0.1, 0.15) is 0 Å². The number of thiophene rings is 1. The van der Waals surface area contributed by atoms with Crippen molar-refractivity contribution in [3.05, 3.63) is 188 Å². The first-order valence-corrected chi connectivity index (χ1v) is 18.8. The van der Waals surface area contributed by atoms with Gasteiger partial charge in [0.05, 0.1) is 0 Å². The minimum atomic E-state index is 0.914. The van der Waals surface area contributed by atoms with E-state index in [4.69, 9.17) is 4.42 Å². The molecule has 0 N–H and O–H groups in total. The van der Waals surface area contributed by atoms with Crippen LogP contribution in [0, 0.1) is 0 Å². The van der Waals surface area contributed by atoms with Crippen molar-refractivity contribution in [3.63, 3.8) is 0 Å². The molecule has 11 aromatic rings. The number of rotatable bonds is 5.